The van der Waals surface area contributed by atoms with Crippen LogP contribution >= 0.6 is 46.6 Å². The Hall–Kier alpha value is -1.28. The molecule has 1 atom stereocenters. The number of rotatable bonds is 4. The van der Waals surface area contributed by atoms with Crippen LogP contribution in [0.4, 0.5) is 5.69 Å². The number of amides is 2. The second-order valence-electron chi connectivity index (χ2n) is 6.23. The van der Waals surface area contributed by atoms with Crippen LogP contribution in [0.25, 0.3) is 0 Å². The molecule has 1 saturated heterocycles. The summed E-state index contributed by atoms with van der Waals surface area (Å²) in [6.07, 6.45) is 5.35. The van der Waals surface area contributed by atoms with Crippen molar-refractivity contribution in [1.82, 2.24) is 5.32 Å². The summed E-state index contributed by atoms with van der Waals surface area (Å²) in [6, 6.07) is 2.92. The molecule has 1 aromatic rings. The summed E-state index contributed by atoms with van der Waals surface area (Å²) in [5.74, 6) is -0.624. The van der Waals surface area contributed by atoms with Gasteiger partial charge in [-0.15, -0.1) is 5.10 Å². The molecular formula is C17H17Cl3N4O2S. The standard InChI is InChI=1S/C17H17Cl3N4O2S/c18-10-6-12(20)13(7-11(10)19)21-15(25)8-14-16(26)22-17(27-14)24-23-9-4-2-1-3-5-9/h6-7,14H,1-5,8H2,(H,21,25)(H,22,24,26)/t14-/m0/s1. The summed E-state index contributed by atoms with van der Waals surface area (Å²) < 4.78 is 0. The first kappa shape index (κ1) is 20.5. The predicted molar refractivity (Wildman–Crippen MR) is 112 cm³/mol. The van der Waals surface area contributed by atoms with Crippen molar-refractivity contribution in [3.05, 3.63) is 27.2 Å². The molecule has 144 valence electrons. The summed E-state index contributed by atoms with van der Waals surface area (Å²) in [4.78, 5) is 24.4. The van der Waals surface area contributed by atoms with Gasteiger partial charge >= 0.3 is 0 Å². The minimum absolute atomic E-state index is 0.0251. The Bertz CT molecular complexity index is 821. The molecule has 1 aromatic carbocycles. The third-order valence-corrected chi connectivity index (χ3v) is 6.25. The Morgan fingerprint density at radius 3 is 2.56 bits per heavy atom. The van der Waals surface area contributed by atoms with Gasteiger partial charge in [-0.2, -0.15) is 5.10 Å². The Balaban J connectivity index is 1.58. The number of hydrogen-bond donors (Lipinski definition) is 2. The molecule has 2 aliphatic rings. The van der Waals surface area contributed by atoms with Crippen LogP contribution in [0, 0.1) is 0 Å². The molecule has 0 aromatic heterocycles. The fraction of sp³-hybridized carbons (Fsp3) is 0.412. The number of hydrogen-bond acceptors (Lipinski definition) is 5. The van der Waals surface area contributed by atoms with E-state index in [1.165, 1.54) is 30.3 Å². The number of anilines is 1. The van der Waals surface area contributed by atoms with Crippen molar-refractivity contribution >= 4 is 74.9 Å². The lowest BCUT2D eigenvalue weighted by molar-refractivity contribution is -0.122. The van der Waals surface area contributed by atoms with Crippen molar-refractivity contribution in [1.29, 1.82) is 0 Å². The van der Waals surface area contributed by atoms with Crippen molar-refractivity contribution < 1.29 is 9.59 Å². The Kier molecular flexibility index (Phi) is 7.03. The van der Waals surface area contributed by atoms with Gasteiger partial charge in [0.1, 0.15) is 5.25 Å². The zero-order valence-electron chi connectivity index (χ0n) is 14.2. The van der Waals surface area contributed by atoms with Gasteiger partial charge in [0.25, 0.3) is 0 Å². The van der Waals surface area contributed by atoms with Crippen LogP contribution in [0.2, 0.25) is 15.1 Å². The first-order chi connectivity index (χ1) is 12.9. The zero-order valence-corrected chi connectivity index (χ0v) is 17.3. The van der Waals surface area contributed by atoms with Gasteiger partial charge in [0, 0.05) is 12.1 Å². The molecule has 1 heterocycles. The highest BCUT2D eigenvalue weighted by Gasteiger charge is 2.32. The number of nitrogens with one attached hydrogen (secondary N) is 2. The van der Waals surface area contributed by atoms with E-state index in [9.17, 15) is 9.59 Å². The maximum Gasteiger partial charge on any atom is 0.240 e. The molecule has 1 aliphatic carbocycles. The molecule has 2 amide bonds. The van der Waals surface area contributed by atoms with Crippen molar-refractivity contribution in [2.75, 3.05) is 5.32 Å². The second kappa shape index (κ2) is 9.28. The molecule has 6 nitrogen and oxygen atoms in total. The fourth-order valence-electron chi connectivity index (χ4n) is 2.75. The lowest BCUT2D eigenvalue weighted by Crippen LogP contribution is -2.28. The summed E-state index contributed by atoms with van der Waals surface area (Å²) >= 11 is 19.1. The van der Waals surface area contributed by atoms with Crippen molar-refractivity contribution in [2.24, 2.45) is 10.2 Å². The third-order valence-electron chi connectivity index (χ3n) is 4.14. The SMILES string of the molecule is O=C(C[C@@H]1S/C(=N/N=C2CCCCC2)NC1=O)Nc1cc(Cl)c(Cl)cc1Cl. The van der Waals surface area contributed by atoms with E-state index in [1.54, 1.807) is 0 Å². The summed E-state index contributed by atoms with van der Waals surface area (Å²) in [6.45, 7) is 0. The number of benzene rings is 1. The maximum atomic E-state index is 12.3. The van der Waals surface area contributed by atoms with Crippen molar-refractivity contribution in [3.63, 3.8) is 0 Å². The number of carbonyl (C=O) groups excluding carboxylic acids is 2. The van der Waals surface area contributed by atoms with E-state index in [1.807, 2.05) is 0 Å². The van der Waals surface area contributed by atoms with Gasteiger partial charge in [-0.25, -0.2) is 0 Å². The molecule has 2 fully saturated rings. The maximum absolute atomic E-state index is 12.3. The van der Waals surface area contributed by atoms with E-state index in [0.29, 0.717) is 15.9 Å². The minimum Gasteiger partial charge on any atom is -0.325 e. The fourth-order valence-corrected chi connectivity index (χ4v) is 4.26. The number of nitrogens with zero attached hydrogens (tertiary/aromatic N) is 2. The molecule has 2 N–H and O–H groups in total. The van der Waals surface area contributed by atoms with E-state index in [4.69, 9.17) is 34.8 Å². The first-order valence-corrected chi connectivity index (χ1v) is 10.5. The van der Waals surface area contributed by atoms with Crippen LogP contribution < -0.4 is 10.6 Å². The van der Waals surface area contributed by atoms with Gasteiger partial charge in [0.05, 0.1) is 20.8 Å². The zero-order chi connectivity index (χ0) is 19.4. The molecule has 3 rings (SSSR count). The highest BCUT2D eigenvalue weighted by Crippen LogP contribution is 2.32. The van der Waals surface area contributed by atoms with Gasteiger partial charge in [-0.1, -0.05) is 53.0 Å². The molecule has 1 aliphatic heterocycles. The Labute approximate surface area is 176 Å². The topological polar surface area (TPSA) is 82.9 Å². The minimum atomic E-state index is -0.572. The van der Waals surface area contributed by atoms with Gasteiger partial charge < -0.3 is 10.6 Å². The lowest BCUT2D eigenvalue weighted by atomic mass is 9.99. The van der Waals surface area contributed by atoms with Gasteiger partial charge in [-0.3, -0.25) is 9.59 Å². The molecule has 0 radical (unpaired) electrons. The third kappa shape index (κ3) is 5.60. The highest BCUT2D eigenvalue weighted by atomic mass is 35.5. The van der Waals surface area contributed by atoms with Crippen LogP contribution in [0.1, 0.15) is 38.5 Å². The Morgan fingerprint density at radius 1 is 1.11 bits per heavy atom. The van der Waals surface area contributed by atoms with Crippen LogP contribution in [-0.4, -0.2) is 27.9 Å². The molecule has 1 saturated carbocycles. The summed E-state index contributed by atoms with van der Waals surface area (Å²) in [5, 5.41) is 14.4. The summed E-state index contributed by atoms with van der Waals surface area (Å²) in [7, 11) is 0. The highest BCUT2D eigenvalue weighted by molar-refractivity contribution is 8.15. The van der Waals surface area contributed by atoms with Crippen LogP contribution in [0.5, 0.6) is 0 Å². The smallest absolute Gasteiger partial charge is 0.240 e. The summed E-state index contributed by atoms with van der Waals surface area (Å²) in [5.41, 5.74) is 1.40. The lowest BCUT2D eigenvalue weighted by Gasteiger charge is -2.10. The average Bonchev–Trinajstić information content (AvgIpc) is 2.98. The van der Waals surface area contributed by atoms with E-state index in [0.717, 1.165) is 31.4 Å². The van der Waals surface area contributed by atoms with E-state index in [2.05, 4.69) is 20.8 Å². The van der Waals surface area contributed by atoms with Crippen LogP contribution in [0.15, 0.2) is 22.3 Å². The molecule has 10 heteroatoms. The van der Waals surface area contributed by atoms with E-state index in [-0.39, 0.29) is 28.3 Å². The Morgan fingerprint density at radius 2 is 1.81 bits per heavy atom. The number of carbonyl (C=O) groups is 2. The molecule has 0 spiro atoms. The van der Waals surface area contributed by atoms with Gasteiger partial charge in [0.2, 0.25) is 11.8 Å². The molecular weight excluding hydrogens is 431 g/mol. The second-order valence-corrected chi connectivity index (χ2v) is 8.64. The number of thioether (sulfide) groups is 1. The largest absolute Gasteiger partial charge is 0.325 e. The van der Waals surface area contributed by atoms with Crippen molar-refractivity contribution in [3.8, 4) is 0 Å². The van der Waals surface area contributed by atoms with E-state index < -0.39 is 5.25 Å². The van der Waals surface area contributed by atoms with Crippen LogP contribution in [0.3, 0.4) is 0 Å². The quantitative estimate of drug-likeness (QED) is 0.509. The predicted octanol–water partition coefficient (Wildman–Crippen LogP) is 4.88. The monoisotopic (exact) mass is 446 g/mol. The molecule has 0 unspecified atom stereocenters. The van der Waals surface area contributed by atoms with E-state index >= 15 is 0 Å². The molecule has 27 heavy (non-hydrogen) atoms. The normalized spacial score (nSPS) is 21.3. The van der Waals surface area contributed by atoms with Gasteiger partial charge in [-0.05, 0) is 37.8 Å². The van der Waals surface area contributed by atoms with Gasteiger partial charge in [0.15, 0.2) is 5.17 Å². The van der Waals surface area contributed by atoms with Crippen molar-refractivity contribution in [2.45, 2.75) is 43.8 Å². The van der Waals surface area contributed by atoms with Crippen LogP contribution in [-0.2, 0) is 9.59 Å². The number of halogens is 3. The molecule has 0 bridgehead atoms. The average molecular weight is 448 g/mol. The first-order valence-electron chi connectivity index (χ1n) is 8.47. The number of amidine groups is 1.